The lowest BCUT2D eigenvalue weighted by atomic mass is 10.0. The van der Waals surface area contributed by atoms with Crippen molar-refractivity contribution in [3.63, 3.8) is 0 Å². The zero-order valence-corrected chi connectivity index (χ0v) is 7.47. The molecule has 0 aliphatic heterocycles. The summed E-state index contributed by atoms with van der Waals surface area (Å²) < 4.78 is 0. The standard InChI is InChI=1S/C9H16N2O/c1-3-8(9(10)12)6-4-5-7-11-2/h1,8,11H,4-7H2,2H3,(H2,10,12)/t8-/m1/s1. The van der Waals surface area contributed by atoms with Gasteiger partial charge >= 0.3 is 0 Å². The zero-order chi connectivity index (χ0) is 9.40. The Labute approximate surface area is 73.7 Å². The van der Waals surface area contributed by atoms with Gasteiger partial charge in [0.1, 0.15) is 0 Å². The first-order valence-electron chi connectivity index (χ1n) is 4.12. The highest BCUT2D eigenvalue weighted by Crippen LogP contribution is 2.05. The average Bonchev–Trinajstić information content (AvgIpc) is 2.04. The summed E-state index contributed by atoms with van der Waals surface area (Å²) in [5, 5.41) is 3.02. The van der Waals surface area contributed by atoms with Crippen molar-refractivity contribution in [3.8, 4) is 12.3 Å². The second-order valence-corrected chi connectivity index (χ2v) is 2.72. The number of hydrogen-bond donors (Lipinski definition) is 2. The van der Waals surface area contributed by atoms with E-state index in [1.807, 2.05) is 7.05 Å². The minimum Gasteiger partial charge on any atom is -0.369 e. The lowest BCUT2D eigenvalue weighted by molar-refractivity contribution is -0.120. The summed E-state index contributed by atoms with van der Waals surface area (Å²) in [5.41, 5.74) is 5.06. The van der Waals surface area contributed by atoms with Crippen molar-refractivity contribution in [1.82, 2.24) is 5.32 Å². The van der Waals surface area contributed by atoms with Crippen molar-refractivity contribution in [2.45, 2.75) is 19.3 Å². The van der Waals surface area contributed by atoms with Gasteiger partial charge < -0.3 is 11.1 Å². The van der Waals surface area contributed by atoms with Crippen molar-refractivity contribution >= 4 is 5.91 Å². The third-order valence-corrected chi connectivity index (χ3v) is 1.71. The highest BCUT2D eigenvalue weighted by atomic mass is 16.1. The van der Waals surface area contributed by atoms with Gasteiger partial charge in [-0.05, 0) is 26.4 Å². The van der Waals surface area contributed by atoms with Crippen LogP contribution in [0.15, 0.2) is 0 Å². The van der Waals surface area contributed by atoms with E-state index < -0.39 is 0 Å². The molecule has 3 N–H and O–H groups in total. The van der Waals surface area contributed by atoms with Crippen molar-refractivity contribution in [2.75, 3.05) is 13.6 Å². The number of carbonyl (C=O) groups excluding carboxylic acids is 1. The van der Waals surface area contributed by atoms with Crippen molar-refractivity contribution in [1.29, 1.82) is 0 Å². The molecule has 0 rings (SSSR count). The van der Waals surface area contributed by atoms with E-state index in [2.05, 4.69) is 11.2 Å². The molecule has 0 aliphatic carbocycles. The van der Waals surface area contributed by atoms with Crippen LogP contribution < -0.4 is 11.1 Å². The van der Waals surface area contributed by atoms with E-state index in [0.717, 1.165) is 19.4 Å². The van der Waals surface area contributed by atoms with Crippen LogP contribution in [0.1, 0.15) is 19.3 Å². The fraction of sp³-hybridized carbons (Fsp3) is 0.667. The predicted molar refractivity (Wildman–Crippen MR) is 49.3 cm³/mol. The minimum atomic E-state index is -0.387. The number of hydrogen-bond acceptors (Lipinski definition) is 2. The number of amides is 1. The SMILES string of the molecule is C#C[C@H](CCCCNC)C(N)=O. The monoisotopic (exact) mass is 168 g/mol. The molecule has 0 aromatic heterocycles. The summed E-state index contributed by atoms with van der Waals surface area (Å²) in [6.07, 6.45) is 7.80. The topological polar surface area (TPSA) is 55.1 Å². The van der Waals surface area contributed by atoms with E-state index in [1.165, 1.54) is 0 Å². The molecule has 3 nitrogen and oxygen atoms in total. The fourth-order valence-electron chi connectivity index (χ4n) is 0.958. The quantitative estimate of drug-likeness (QED) is 0.437. The first-order valence-corrected chi connectivity index (χ1v) is 4.12. The maximum absolute atomic E-state index is 10.7. The van der Waals surface area contributed by atoms with Crippen LogP contribution >= 0.6 is 0 Å². The van der Waals surface area contributed by atoms with E-state index in [4.69, 9.17) is 12.2 Å². The van der Waals surface area contributed by atoms with E-state index in [0.29, 0.717) is 6.42 Å². The van der Waals surface area contributed by atoms with Gasteiger partial charge in [0.2, 0.25) is 5.91 Å². The molecule has 12 heavy (non-hydrogen) atoms. The van der Waals surface area contributed by atoms with Crippen LogP contribution in [0.25, 0.3) is 0 Å². The molecule has 0 fully saturated rings. The second kappa shape index (κ2) is 6.68. The van der Waals surface area contributed by atoms with Crippen LogP contribution in [0.2, 0.25) is 0 Å². The number of terminal acetylenes is 1. The Kier molecular flexibility index (Phi) is 6.12. The zero-order valence-electron chi connectivity index (χ0n) is 7.47. The third kappa shape index (κ3) is 4.75. The minimum absolute atomic E-state index is 0.387. The Morgan fingerprint density at radius 1 is 1.67 bits per heavy atom. The van der Waals surface area contributed by atoms with Gasteiger partial charge in [-0.3, -0.25) is 4.79 Å². The van der Waals surface area contributed by atoms with Crippen LogP contribution in [0.4, 0.5) is 0 Å². The maximum Gasteiger partial charge on any atom is 0.232 e. The van der Waals surface area contributed by atoms with E-state index >= 15 is 0 Å². The number of carbonyl (C=O) groups is 1. The molecule has 1 atom stereocenters. The third-order valence-electron chi connectivity index (χ3n) is 1.71. The van der Waals surface area contributed by atoms with Gasteiger partial charge in [-0.15, -0.1) is 6.42 Å². The summed E-state index contributed by atoms with van der Waals surface area (Å²) >= 11 is 0. The highest BCUT2D eigenvalue weighted by molar-refractivity contribution is 5.79. The molecule has 68 valence electrons. The molecule has 0 aliphatic rings. The Hall–Kier alpha value is -1.01. The molecule has 0 aromatic carbocycles. The summed E-state index contributed by atoms with van der Waals surface area (Å²) in [4.78, 5) is 10.7. The molecule has 0 bridgehead atoms. The van der Waals surface area contributed by atoms with Crippen LogP contribution in [0, 0.1) is 18.3 Å². The van der Waals surface area contributed by atoms with Gasteiger partial charge in [-0.25, -0.2) is 0 Å². The van der Waals surface area contributed by atoms with Crippen LogP contribution in [0.5, 0.6) is 0 Å². The Morgan fingerprint density at radius 3 is 2.75 bits per heavy atom. The molecule has 0 saturated heterocycles. The molecule has 0 saturated carbocycles. The Balaban J connectivity index is 3.47. The molecule has 0 unspecified atom stereocenters. The second-order valence-electron chi connectivity index (χ2n) is 2.72. The average molecular weight is 168 g/mol. The van der Waals surface area contributed by atoms with Crippen molar-refractivity contribution < 1.29 is 4.79 Å². The van der Waals surface area contributed by atoms with Gasteiger partial charge in [0.15, 0.2) is 0 Å². The lowest BCUT2D eigenvalue weighted by Gasteiger charge is -2.05. The van der Waals surface area contributed by atoms with Crippen molar-refractivity contribution in [3.05, 3.63) is 0 Å². The van der Waals surface area contributed by atoms with E-state index in [1.54, 1.807) is 0 Å². The van der Waals surface area contributed by atoms with E-state index in [9.17, 15) is 4.79 Å². The Bertz CT molecular complexity index is 172. The normalized spacial score (nSPS) is 12.0. The molecule has 1 amide bonds. The number of unbranched alkanes of at least 4 members (excludes halogenated alkanes) is 1. The maximum atomic E-state index is 10.7. The molecular formula is C9H16N2O. The largest absolute Gasteiger partial charge is 0.369 e. The summed E-state index contributed by atoms with van der Waals surface area (Å²) in [5.74, 6) is 1.61. The lowest BCUT2D eigenvalue weighted by Crippen LogP contribution is -2.22. The van der Waals surface area contributed by atoms with Crippen LogP contribution in [0.3, 0.4) is 0 Å². The van der Waals surface area contributed by atoms with Crippen molar-refractivity contribution in [2.24, 2.45) is 11.7 Å². The fourth-order valence-corrected chi connectivity index (χ4v) is 0.958. The number of primary amides is 1. The number of nitrogens with one attached hydrogen (secondary N) is 1. The molecule has 0 radical (unpaired) electrons. The van der Waals surface area contributed by atoms with Gasteiger partial charge in [0, 0.05) is 0 Å². The van der Waals surface area contributed by atoms with Crippen LogP contribution in [-0.4, -0.2) is 19.5 Å². The summed E-state index contributed by atoms with van der Waals surface area (Å²) in [6, 6.07) is 0. The molecule has 0 heterocycles. The highest BCUT2D eigenvalue weighted by Gasteiger charge is 2.10. The van der Waals surface area contributed by atoms with Crippen LogP contribution in [-0.2, 0) is 4.79 Å². The summed E-state index contributed by atoms with van der Waals surface area (Å²) in [7, 11) is 1.90. The first kappa shape index (κ1) is 11.0. The molecular weight excluding hydrogens is 152 g/mol. The molecule has 0 spiro atoms. The van der Waals surface area contributed by atoms with Gasteiger partial charge in [0.25, 0.3) is 0 Å². The molecule has 0 aromatic rings. The summed E-state index contributed by atoms with van der Waals surface area (Å²) in [6.45, 7) is 0.954. The molecule has 3 heteroatoms. The predicted octanol–water partition coefficient (Wildman–Crippen LogP) is 0.111. The smallest absolute Gasteiger partial charge is 0.232 e. The van der Waals surface area contributed by atoms with Gasteiger partial charge in [-0.2, -0.15) is 0 Å². The number of rotatable bonds is 6. The first-order chi connectivity index (χ1) is 5.72. The Morgan fingerprint density at radius 2 is 2.33 bits per heavy atom. The van der Waals surface area contributed by atoms with Gasteiger partial charge in [0.05, 0.1) is 5.92 Å². The van der Waals surface area contributed by atoms with E-state index in [-0.39, 0.29) is 11.8 Å². The van der Waals surface area contributed by atoms with Gasteiger partial charge in [-0.1, -0.05) is 12.3 Å². The number of nitrogens with two attached hydrogens (primary N) is 1.